The molecule has 0 aliphatic rings. The van der Waals surface area contributed by atoms with Crippen LogP contribution in [0.15, 0.2) is 22.7 Å². The number of hydrogen-bond donors (Lipinski definition) is 2. The zero-order valence-electron chi connectivity index (χ0n) is 12.1. The highest BCUT2D eigenvalue weighted by Crippen LogP contribution is 2.25. The summed E-state index contributed by atoms with van der Waals surface area (Å²) in [6.45, 7) is 5.18. The Morgan fingerprint density at radius 2 is 2.15 bits per heavy atom. The van der Waals surface area contributed by atoms with Gasteiger partial charge in [0, 0.05) is 35.4 Å². The summed E-state index contributed by atoms with van der Waals surface area (Å²) in [6.07, 6.45) is 1.08. The molecule has 0 bridgehead atoms. The Balaban J connectivity index is 2.29. The van der Waals surface area contributed by atoms with E-state index in [0.29, 0.717) is 13.1 Å². The third-order valence-corrected chi connectivity index (χ3v) is 4.82. The van der Waals surface area contributed by atoms with Gasteiger partial charge in [0.2, 0.25) is 0 Å². The van der Waals surface area contributed by atoms with Crippen LogP contribution in [-0.4, -0.2) is 46.6 Å². The fraction of sp³-hybridized carbons (Fsp3) is 0.571. The van der Waals surface area contributed by atoms with Gasteiger partial charge >= 0.3 is 0 Å². The van der Waals surface area contributed by atoms with Crippen LogP contribution in [0.25, 0.3) is 0 Å². The number of hydrogen-bond acceptors (Lipinski definition) is 4. The monoisotopic (exact) mass is 363 g/mol. The van der Waals surface area contributed by atoms with Crippen molar-refractivity contribution < 1.29 is 14.1 Å². The lowest BCUT2D eigenvalue weighted by molar-refractivity contribution is 0.106. The standard InChI is InChI=1S/C14H22BrNO3S/c1-10-4-5-14(13(15)6-10)19-9-12(17)8-16-7-11(2)20(3)18/h4-6,11-12,16-17H,7-9H2,1-3H3. The van der Waals surface area contributed by atoms with E-state index in [2.05, 4.69) is 21.2 Å². The number of rotatable bonds is 8. The maximum absolute atomic E-state index is 11.2. The Bertz CT molecular complexity index is 456. The van der Waals surface area contributed by atoms with Crippen LogP contribution in [-0.2, 0) is 10.8 Å². The second kappa shape index (κ2) is 8.77. The van der Waals surface area contributed by atoms with Crippen LogP contribution in [0.1, 0.15) is 12.5 Å². The molecule has 0 amide bonds. The molecular weight excluding hydrogens is 342 g/mol. The van der Waals surface area contributed by atoms with Crippen molar-refractivity contribution in [3.63, 3.8) is 0 Å². The van der Waals surface area contributed by atoms with Gasteiger partial charge in [-0.3, -0.25) is 4.21 Å². The summed E-state index contributed by atoms with van der Waals surface area (Å²) >= 11 is 3.43. The zero-order valence-corrected chi connectivity index (χ0v) is 14.5. The molecule has 0 fully saturated rings. The molecule has 0 aliphatic heterocycles. The number of nitrogens with one attached hydrogen (secondary N) is 1. The van der Waals surface area contributed by atoms with Crippen molar-refractivity contribution in [2.45, 2.75) is 25.2 Å². The topological polar surface area (TPSA) is 58.6 Å². The summed E-state index contributed by atoms with van der Waals surface area (Å²) in [6, 6.07) is 5.81. The molecule has 20 heavy (non-hydrogen) atoms. The third kappa shape index (κ3) is 6.35. The molecule has 3 atom stereocenters. The highest BCUT2D eigenvalue weighted by molar-refractivity contribution is 9.10. The van der Waals surface area contributed by atoms with Crippen molar-refractivity contribution in [1.82, 2.24) is 5.32 Å². The molecule has 0 aliphatic carbocycles. The molecular formula is C14H22BrNO3S. The van der Waals surface area contributed by atoms with Crippen molar-refractivity contribution in [2.24, 2.45) is 0 Å². The van der Waals surface area contributed by atoms with Crippen LogP contribution in [0.2, 0.25) is 0 Å². The van der Waals surface area contributed by atoms with E-state index in [-0.39, 0.29) is 11.9 Å². The van der Waals surface area contributed by atoms with Crippen LogP contribution >= 0.6 is 15.9 Å². The molecule has 0 saturated heterocycles. The molecule has 0 heterocycles. The van der Waals surface area contributed by atoms with Gasteiger partial charge in [-0.1, -0.05) is 6.07 Å². The Morgan fingerprint density at radius 3 is 2.75 bits per heavy atom. The van der Waals surface area contributed by atoms with Crippen molar-refractivity contribution >= 4 is 26.7 Å². The van der Waals surface area contributed by atoms with Gasteiger partial charge in [0.15, 0.2) is 0 Å². The van der Waals surface area contributed by atoms with E-state index in [1.165, 1.54) is 0 Å². The van der Waals surface area contributed by atoms with E-state index < -0.39 is 16.9 Å². The smallest absolute Gasteiger partial charge is 0.133 e. The summed E-state index contributed by atoms with van der Waals surface area (Å²) < 4.78 is 17.6. The van der Waals surface area contributed by atoms with Crippen LogP contribution < -0.4 is 10.1 Å². The van der Waals surface area contributed by atoms with Crippen molar-refractivity contribution in [3.8, 4) is 5.75 Å². The average molecular weight is 364 g/mol. The van der Waals surface area contributed by atoms with E-state index >= 15 is 0 Å². The number of aryl methyl sites for hydroxylation is 1. The van der Waals surface area contributed by atoms with Gasteiger partial charge < -0.3 is 15.2 Å². The SMILES string of the molecule is Cc1ccc(OCC(O)CNCC(C)S(C)=O)c(Br)c1. The summed E-state index contributed by atoms with van der Waals surface area (Å²) in [5, 5.41) is 13.0. The van der Waals surface area contributed by atoms with Crippen LogP contribution in [0.4, 0.5) is 0 Å². The molecule has 3 unspecified atom stereocenters. The van der Waals surface area contributed by atoms with E-state index in [4.69, 9.17) is 4.74 Å². The molecule has 0 spiro atoms. The largest absolute Gasteiger partial charge is 0.490 e. The average Bonchev–Trinajstić information content (AvgIpc) is 2.37. The normalized spacial score (nSPS) is 15.7. The van der Waals surface area contributed by atoms with E-state index in [1.807, 2.05) is 32.0 Å². The Kier molecular flexibility index (Phi) is 7.72. The number of aliphatic hydroxyl groups is 1. The molecule has 0 aromatic heterocycles. The minimum atomic E-state index is -0.845. The maximum atomic E-state index is 11.2. The van der Waals surface area contributed by atoms with E-state index in [1.54, 1.807) is 6.26 Å². The van der Waals surface area contributed by atoms with E-state index in [9.17, 15) is 9.32 Å². The highest BCUT2D eigenvalue weighted by atomic mass is 79.9. The zero-order chi connectivity index (χ0) is 15.1. The predicted octanol–water partition coefficient (Wildman–Crippen LogP) is 1.85. The summed E-state index contributed by atoms with van der Waals surface area (Å²) in [5.74, 6) is 0.720. The Labute approximate surface area is 131 Å². The van der Waals surface area contributed by atoms with Gasteiger partial charge in [-0.05, 0) is 47.5 Å². The molecule has 1 aromatic carbocycles. The molecule has 6 heteroatoms. The number of benzene rings is 1. The molecule has 0 saturated carbocycles. The molecule has 2 N–H and O–H groups in total. The number of ether oxygens (including phenoxy) is 1. The fourth-order valence-electron chi connectivity index (χ4n) is 1.54. The maximum Gasteiger partial charge on any atom is 0.133 e. The van der Waals surface area contributed by atoms with Gasteiger partial charge in [0.25, 0.3) is 0 Å². The minimum Gasteiger partial charge on any atom is -0.490 e. The minimum absolute atomic E-state index is 0.0781. The first-order valence-corrected chi connectivity index (χ1v) is 8.91. The lowest BCUT2D eigenvalue weighted by Gasteiger charge is -2.15. The Morgan fingerprint density at radius 1 is 1.45 bits per heavy atom. The second-order valence-corrected chi connectivity index (χ2v) is 7.52. The van der Waals surface area contributed by atoms with Gasteiger partial charge in [-0.25, -0.2) is 0 Å². The summed E-state index contributed by atoms with van der Waals surface area (Å²) in [5.41, 5.74) is 1.15. The number of halogens is 1. The van der Waals surface area contributed by atoms with Gasteiger partial charge in [-0.2, -0.15) is 0 Å². The first-order valence-electron chi connectivity index (χ1n) is 6.50. The molecule has 114 valence electrons. The summed E-state index contributed by atoms with van der Waals surface area (Å²) in [4.78, 5) is 0. The van der Waals surface area contributed by atoms with Crippen molar-refractivity contribution in [3.05, 3.63) is 28.2 Å². The van der Waals surface area contributed by atoms with Crippen molar-refractivity contribution in [1.29, 1.82) is 0 Å². The van der Waals surface area contributed by atoms with Crippen LogP contribution in [0.3, 0.4) is 0 Å². The molecule has 1 aromatic rings. The first-order chi connectivity index (χ1) is 9.40. The first kappa shape index (κ1) is 17.6. The van der Waals surface area contributed by atoms with Crippen molar-refractivity contribution in [2.75, 3.05) is 26.0 Å². The third-order valence-electron chi connectivity index (χ3n) is 2.90. The molecule has 0 radical (unpaired) electrons. The predicted molar refractivity (Wildman–Crippen MR) is 86.8 cm³/mol. The highest BCUT2D eigenvalue weighted by Gasteiger charge is 2.09. The molecule has 4 nitrogen and oxygen atoms in total. The Hall–Kier alpha value is -0.430. The fourth-order valence-corrected chi connectivity index (χ4v) is 2.50. The lowest BCUT2D eigenvalue weighted by atomic mass is 10.2. The van der Waals surface area contributed by atoms with Crippen LogP contribution in [0, 0.1) is 6.92 Å². The quantitative estimate of drug-likeness (QED) is 0.739. The van der Waals surface area contributed by atoms with Gasteiger partial charge in [0.05, 0.1) is 4.47 Å². The van der Waals surface area contributed by atoms with Gasteiger partial charge in [0.1, 0.15) is 18.5 Å². The van der Waals surface area contributed by atoms with Gasteiger partial charge in [-0.15, -0.1) is 0 Å². The molecule has 1 rings (SSSR count). The van der Waals surface area contributed by atoms with E-state index in [0.717, 1.165) is 15.8 Å². The lowest BCUT2D eigenvalue weighted by Crippen LogP contribution is -2.36. The number of aliphatic hydroxyl groups excluding tert-OH is 1. The second-order valence-electron chi connectivity index (χ2n) is 4.87. The summed E-state index contributed by atoms with van der Waals surface area (Å²) in [7, 11) is -0.845. The van der Waals surface area contributed by atoms with Crippen LogP contribution in [0.5, 0.6) is 5.75 Å².